The van der Waals surface area contributed by atoms with Crippen LogP contribution in [0.2, 0.25) is 0 Å². The molecule has 0 unspecified atom stereocenters. The lowest BCUT2D eigenvalue weighted by Crippen LogP contribution is -2.48. The molecule has 0 bridgehead atoms. The molecule has 1 aliphatic rings. The Balaban J connectivity index is 1.15. The molecule has 2 aromatic heterocycles. The molecule has 180 valence electrons. The monoisotopic (exact) mass is 474 g/mol. The van der Waals surface area contributed by atoms with Crippen LogP contribution in [0.1, 0.15) is 17.9 Å². The van der Waals surface area contributed by atoms with Gasteiger partial charge in [-0.1, -0.05) is 47.1 Å². The van der Waals surface area contributed by atoms with Gasteiger partial charge in [0, 0.05) is 44.7 Å². The molecule has 0 saturated carbocycles. The second kappa shape index (κ2) is 9.67. The summed E-state index contributed by atoms with van der Waals surface area (Å²) in [5.41, 5.74) is 1.69. The van der Waals surface area contributed by atoms with Gasteiger partial charge in [0.15, 0.2) is 0 Å². The van der Waals surface area contributed by atoms with E-state index in [-0.39, 0.29) is 18.9 Å². The van der Waals surface area contributed by atoms with Gasteiger partial charge in [-0.3, -0.25) is 24.0 Å². The fraction of sp³-hybridized carbons (Fsp3) is 0.320. The molecule has 3 heterocycles. The topological polar surface area (TPSA) is 117 Å². The summed E-state index contributed by atoms with van der Waals surface area (Å²) in [4.78, 5) is 48.0. The molecule has 10 heteroatoms. The molecule has 0 spiro atoms. The van der Waals surface area contributed by atoms with Gasteiger partial charge in [0.2, 0.25) is 17.6 Å². The zero-order chi connectivity index (χ0) is 24.4. The van der Waals surface area contributed by atoms with E-state index in [4.69, 9.17) is 4.52 Å². The summed E-state index contributed by atoms with van der Waals surface area (Å²) in [6.07, 6.45) is 0.180. The van der Waals surface area contributed by atoms with Crippen LogP contribution in [-0.4, -0.2) is 61.6 Å². The summed E-state index contributed by atoms with van der Waals surface area (Å²) in [5, 5.41) is 4.52. The lowest BCUT2D eigenvalue weighted by Gasteiger charge is -2.34. The second-order valence-corrected chi connectivity index (χ2v) is 8.71. The molecule has 1 amide bonds. The van der Waals surface area contributed by atoms with Crippen LogP contribution < -0.4 is 11.2 Å². The number of hydrogen-bond donors (Lipinski definition) is 1. The Bertz CT molecular complexity index is 1460. The average Bonchev–Trinajstić information content (AvgIpc) is 3.33. The van der Waals surface area contributed by atoms with Gasteiger partial charge in [-0.05, 0) is 19.1 Å². The average molecular weight is 475 g/mol. The largest absolute Gasteiger partial charge is 0.340 e. The number of aryl methyl sites for hydroxylation is 2. The molecule has 0 radical (unpaired) electrons. The highest BCUT2D eigenvalue weighted by Gasteiger charge is 2.23. The van der Waals surface area contributed by atoms with E-state index in [1.165, 1.54) is 10.1 Å². The van der Waals surface area contributed by atoms with E-state index < -0.39 is 11.2 Å². The third kappa shape index (κ3) is 4.92. The van der Waals surface area contributed by atoms with E-state index in [9.17, 15) is 14.4 Å². The Morgan fingerprint density at radius 3 is 2.54 bits per heavy atom. The van der Waals surface area contributed by atoms with Crippen molar-refractivity contribution in [3.8, 4) is 11.4 Å². The number of para-hydroxylation sites is 1. The highest BCUT2D eigenvalue weighted by Crippen LogP contribution is 2.17. The first-order valence-electron chi connectivity index (χ1n) is 11.6. The molecule has 0 atom stereocenters. The third-order valence-corrected chi connectivity index (χ3v) is 6.32. The number of carbonyl (C=O) groups is 1. The van der Waals surface area contributed by atoms with Gasteiger partial charge in [-0.15, -0.1) is 0 Å². The SMILES string of the molecule is Cc1ccc(-c2noc(CN3CCN(C(=O)CCn4c(=O)[nH]c(=O)c5ccccc54)CC3)n2)cc1. The molecule has 1 aliphatic heterocycles. The minimum Gasteiger partial charge on any atom is -0.340 e. The number of fused-ring (bicyclic) bond motifs is 1. The maximum Gasteiger partial charge on any atom is 0.328 e. The van der Waals surface area contributed by atoms with Crippen LogP contribution in [0.4, 0.5) is 0 Å². The zero-order valence-electron chi connectivity index (χ0n) is 19.4. The number of aromatic nitrogens is 4. The van der Waals surface area contributed by atoms with E-state index in [0.29, 0.717) is 55.3 Å². The van der Waals surface area contributed by atoms with Crippen LogP contribution in [0.5, 0.6) is 0 Å². The molecule has 0 aliphatic carbocycles. The lowest BCUT2D eigenvalue weighted by molar-refractivity contribution is -0.133. The predicted molar refractivity (Wildman–Crippen MR) is 130 cm³/mol. The summed E-state index contributed by atoms with van der Waals surface area (Å²) in [7, 11) is 0. The number of hydrogen-bond acceptors (Lipinski definition) is 7. The van der Waals surface area contributed by atoms with Crippen LogP contribution in [0.15, 0.2) is 62.6 Å². The first kappa shape index (κ1) is 22.7. The van der Waals surface area contributed by atoms with Gasteiger partial charge in [-0.2, -0.15) is 4.98 Å². The summed E-state index contributed by atoms with van der Waals surface area (Å²) in [6.45, 7) is 5.31. The molecule has 2 aromatic carbocycles. The van der Waals surface area contributed by atoms with E-state index in [1.807, 2.05) is 31.2 Å². The van der Waals surface area contributed by atoms with Gasteiger partial charge >= 0.3 is 5.69 Å². The van der Waals surface area contributed by atoms with Crippen molar-refractivity contribution in [1.82, 2.24) is 29.5 Å². The molecular weight excluding hydrogens is 448 g/mol. The highest BCUT2D eigenvalue weighted by atomic mass is 16.5. The number of nitrogens with one attached hydrogen (secondary N) is 1. The Labute approximate surface area is 200 Å². The molecule has 1 saturated heterocycles. The maximum atomic E-state index is 12.8. The maximum absolute atomic E-state index is 12.8. The minimum atomic E-state index is -0.504. The van der Waals surface area contributed by atoms with E-state index >= 15 is 0 Å². The fourth-order valence-electron chi connectivity index (χ4n) is 4.32. The standard InChI is InChI=1S/C25H26N6O4/c1-17-6-8-18(9-7-17)23-26-21(35-28-23)16-29-12-14-30(15-13-29)22(32)10-11-31-20-5-3-2-4-19(20)24(33)27-25(31)34/h2-9H,10-16H2,1H3,(H,27,33,34). The molecule has 1 fully saturated rings. The van der Waals surface area contributed by atoms with Crippen LogP contribution in [0.3, 0.4) is 0 Å². The first-order chi connectivity index (χ1) is 17.0. The van der Waals surface area contributed by atoms with Crippen molar-refractivity contribution >= 4 is 16.8 Å². The summed E-state index contributed by atoms with van der Waals surface area (Å²) in [6, 6.07) is 14.9. The number of nitrogens with zero attached hydrogens (tertiary/aromatic N) is 5. The van der Waals surface area contributed by atoms with Gasteiger partial charge in [0.05, 0.1) is 17.4 Å². The quantitative estimate of drug-likeness (QED) is 0.453. The van der Waals surface area contributed by atoms with Gasteiger partial charge < -0.3 is 9.42 Å². The van der Waals surface area contributed by atoms with Crippen LogP contribution in [0.25, 0.3) is 22.3 Å². The lowest BCUT2D eigenvalue weighted by atomic mass is 10.1. The van der Waals surface area contributed by atoms with Gasteiger partial charge in [0.25, 0.3) is 5.56 Å². The van der Waals surface area contributed by atoms with Gasteiger partial charge in [0.1, 0.15) is 0 Å². The fourth-order valence-corrected chi connectivity index (χ4v) is 4.32. The number of carbonyl (C=O) groups excluding carboxylic acids is 1. The highest BCUT2D eigenvalue weighted by molar-refractivity contribution is 5.79. The van der Waals surface area contributed by atoms with E-state index in [1.54, 1.807) is 29.2 Å². The number of benzene rings is 2. The molecule has 1 N–H and O–H groups in total. The Morgan fingerprint density at radius 1 is 1.03 bits per heavy atom. The number of aromatic amines is 1. The Morgan fingerprint density at radius 2 is 1.77 bits per heavy atom. The van der Waals surface area contributed by atoms with E-state index in [2.05, 4.69) is 20.0 Å². The van der Waals surface area contributed by atoms with E-state index in [0.717, 1.165) is 5.56 Å². The zero-order valence-corrected chi connectivity index (χ0v) is 19.4. The molecule has 10 nitrogen and oxygen atoms in total. The summed E-state index contributed by atoms with van der Waals surface area (Å²) >= 11 is 0. The molecule has 5 rings (SSSR count). The predicted octanol–water partition coefficient (Wildman–Crippen LogP) is 1.78. The Kier molecular flexibility index (Phi) is 6.28. The van der Waals surface area contributed by atoms with Crippen molar-refractivity contribution in [2.75, 3.05) is 26.2 Å². The van der Waals surface area contributed by atoms with Crippen LogP contribution >= 0.6 is 0 Å². The number of H-pyrrole nitrogens is 1. The summed E-state index contributed by atoms with van der Waals surface area (Å²) < 4.78 is 6.88. The van der Waals surface area contributed by atoms with Crippen molar-refractivity contribution in [1.29, 1.82) is 0 Å². The normalized spacial score (nSPS) is 14.5. The number of amides is 1. The van der Waals surface area contributed by atoms with Crippen molar-refractivity contribution in [2.24, 2.45) is 0 Å². The van der Waals surface area contributed by atoms with Gasteiger partial charge in [-0.25, -0.2) is 4.79 Å². The molecular formula is C25H26N6O4. The third-order valence-electron chi connectivity index (χ3n) is 6.32. The molecule has 4 aromatic rings. The molecule has 35 heavy (non-hydrogen) atoms. The summed E-state index contributed by atoms with van der Waals surface area (Å²) in [5.74, 6) is 1.09. The smallest absolute Gasteiger partial charge is 0.328 e. The van der Waals surface area contributed by atoms with Crippen molar-refractivity contribution in [2.45, 2.75) is 26.4 Å². The second-order valence-electron chi connectivity index (χ2n) is 8.71. The minimum absolute atomic E-state index is 0.0220. The van der Waals surface area contributed by atoms with Crippen molar-refractivity contribution in [3.05, 3.63) is 80.8 Å². The number of piperazine rings is 1. The van der Waals surface area contributed by atoms with Crippen LogP contribution in [0, 0.1) is 6.92 Å². The number of rotatable bonds is 6. The first-order valence-corrected chi connectivity index (χ1v) is 11.6. The van der Waals surface area contributed by atoms with Crippen molar-refractivity contribution < 1.29 is 9.32 Å². The Hall–Kier alpha value is -4.05. The van der Waals surface area contributed by atoms with Crippen molar-refractivity contribution in [3.63, 3.8) is 0 Å². The van der Waals surface area contributed by atoms with Crippen LogP contribution in [-0.2, 0) is 17.9 Å².